The van der Waals surface area contributed by atoms with Crippen LogP contribution in [0.15, 0.2) is 11.1 Å². The van der Waals surface area contributed by atoms with Crippen molar-refractivity contribution < 1.29 is 39.0 Å². The highest BCUT2D eigenvalue weighted by molar-refractivity contribution is 6.34. The lowest BCUT2D eigenvalue weighted by Crippen LogP contribution is -2.68. The summed E-state index contributed by atoms with van der Waals surface area (Å²) in [6.45, 7) is 3.05. The minimum absolute atomic E-state index is 0.0671. The number of hydrogen-bond acceptors (Lipinski definition) is 10. The third-order valence-corrected chi connectivity index (χ3v) is 8.57. The van der Waals surface area contributed by atoms with Crippen molar-refractivity contribution in [3.05, 3.63) is 11.1 Å². The van der Waals surface area contributed by atoms with E-state index in [4.69, 9.17) is 0 Å². The van der Waals surface area contributed by atoms with Crippen molar-refractivity contribution in [1.82, 2.24) is 10.2 Å². The van der Waals surface area contributed by atoms with Gasteiger partial charge in [-0.1, -0.05) is 6.92 Å². The molecule has 8 unspecified atom stereocenters. The number of aliphatic hydroxyl groups is 2. The van der Waals surface area contributed by atoms with Crippen LogP contribution in [0.3, 0.4) is 0 Å². The van der Waals surface area contributed by atoms with Gasteiger partial charge in [0.2, 0.25) is 0 Å². The number of carbonyl (C=O) groups is 6. The van der Waals surface area contributed by atoms with E-state index in [1.165, 1.54) is 0 Å². The van der Waals surface area contributed by atoms with Gasteiger partial charge in [0, 0.05) is 24.9 Å². The first-order chi connectivity index (χ1) is 16.8. The van der Waals surface area contributed by atoms with Gasteiger partial charge in [0.25, 0.3) is 0 Å². The van der Waals surface area contributed by atoms with Crippen LogP contribution < -0.4 is 5.32 Å². The van der Waals surface area contributed by atoms with E-state index in [1.54, 1.807) is 0 Å². The van der Waals surface area contributed by atoms with E-state index < -0.39 is 76.1 Å². The van der Waals surface area contributed by atoms with Gasteiger partial charge in [-0.15, -0.1) is 0 Å². The zero-order chi connectivity index (χ0) is 26.7. The molecule has 10 heteroatoms. The van der Waals surface area contributed by atoms with E-state index in [0.29, 0.717) is 18.4 Å². The number of rotatable bonds is 6. The molecule has 196 valence electrons. The van der Waals surface area contributed by atoms with E-state index in [0.717, 1.165) is 6.92 Å². The number of ketones is 6. The number of hydrogen-bond donors (Lipinski definition) is 3. The molecule has 4 rings (SSSR count). The van der Waals surface area contributed by atoms with Crippen LogP contribution in [-0.4, -0.2) is 94.2 Å². The number of aliphatic hydroxyl groups excluding tert-OH is 1. The second-order valence-electron chi connectivity index (χ2n) is 11.0. The van der Waals surface area contributed by atoms with Crippen LogP contribution in [0.4, 0.5) is 0 Å². The molecule has 0 aromatic rings. The first-order valence-corrected chi connectivity index (χ1v) is 12.6. The second kappa shape index (κ2) is 9.48. The second-order valence-corrected chi connectivity index (χ2v) is 11.0. The Morgan fingerprint density at radius 2 is 1.75 bits per heavy atom. The molecule has 0 heterocycles. The summed E-state index contributed by atoms with van der Waals surface area (Å²) in [5.41, 5.74) is -2.03. The van der Waals surface area contributed by atoms with Crippen LogP contribution in [0.1, 0.15) is 46.0 Å². The topological polar surface area (TPSA) is 158 Å². The third kappa shape index (κ3) is 3.95. The maximum Gasteiger partial charge on any atom is 0.190 e. The van der Waals surface area contributed by atoms with E-state index >= 15 is 0 Å². The largest absolute Gasteiger partial charge is 0.392 e. The predicted molar refractivity (Wildman–Crippen MR) is 126 cm³/mol. The Balaban J connectivity index is 1.72. The molecule has 36 heavy (non-hydrogen) atoms. The molecule has 0 aliphatic heterocycles. The average Bonchev–Trinajstić information content (AvgIpc) is 2.80. The molecule has 2 fully saturated rings. The quantitative estimate of drug-likeness (QED) is 0.310. The van der Waals surface area contributed by atoms with Crippen LogP contribution in [0.5, 0.6) is 0 Å². The summed E-state index contributed by atoms with van der Waals surface area (Å²) in [5, 5.41) is 24.3. The SMILES string of the molecule is CCC(O)CNC1CC(N(C)C)C2=C(C1=O)C(=O)C1C(=O)C3(O)C(=O)C(C(C)=O)C(=O)CC3CC1C2. The molecule has 4 aliphatic rings. The molecule has 4 aliphatic carbocycles. The van der Waals surface area contributed by atoms with Crippen LogP contribution in [0.2, 0.25) is 0 Å². The molecule has 10 nitrogen and oxygen atoms in total. The van der Waals surface area contributed by atoms with Gasteiger partial charge in [-0.25, -0.2) is 0 Å². The number of nitrogens with one attached hydrogen (secondary N) is 1. The molecule has 0 bridgehead atoms. The molecule has 0 aromatic heterocycles. The van der Waals surface area contributed by atoms with Gasteiger partial charge in [-0.05, 0) is 58.2 Å². The Morgan fingerprint density at radius 1 is 1.08 bits per heavy atom. The van der Waals surface area contributed by atoms with E-state index in [-0.39, 0.29) is 37.4 Å². The Bertz CT molecular complexity index is 1080. The van der Waals surface area contributed by atoms with Crippen molar-refractivity contribution in [2.45, 2.75) is 69.7 Å². The molecule has 3 N–H and O–H groups in total. The molecule has 0 aromatic carbocycles. The fraction of sp³-hybridized carbons (Fsp3) is 0.692. The molecule has 0 radical (unpaired) electrons. The zero-order valence-corrected chi connectivity index (χ0v) is 21.1. The predicted octanol–water partition coefficient (Wildman–Crippen LogP) is -0.812. The van der Waals surface area contributed by atoms with Gasteiger partial charge in [0.05, 0.1) is 23.6 Å². The fourth-order valence-electron chi connectivity index (χ4n) is 6.60. The van der Waals surface area contributed by atoms with Crippen molar-refractivity contribution in [2.24, 2.45) is 23.7 Å². The van der Waals surface area contributed by atoms with Gasteiger partial charge in [-0.2, -0.15) is 0 Å². The third-order valence-electron chi connectivity index (χ3n) is 8.57. The van der Waals surface area contributed by atoms with Crippen molar-refractivity contribution in [2.75, 3.05) is 20.6 Å². The lowest BCUT2D eigenvalue weighted by Gasteiger charge is -2.50. The first kappa shape index (κ1) is 26.7. The van der Waals surface area contributed by atoms with Gasteiger partial charge < -0.3 is 20.4 Å². The summed E-state index contributed by atoms with van der Waals surface area (Å²) < 4.78 is 0. The highest BCUT2D eigenvalue weighted by Crippen LogP contribution is 2.51. The maximum absolute atomic E-state index is 13.8. The number of likely N-dealkylation sites (N-methyl/N-ethyl adjacent to an activating group) is 1. The van der Waals surface area contributed by atoms with Crippen LogP contribution >= 0.6 is 0 Å². The minimum Gasteiger partial charge on any atom is -0.392 e. The Morgan fingerprint density at radius 3 is 2.33 bits per heavy atom. The summed E-state index contributed by atoms with van der Waals surface area (Å²) in [6, 6.07) is -0.991. The highest BCUT2D eigenvalue weighted by Gasteiger charge is 2.66. The lowest BCUT2D eigenvalue weighted by molar-refractivity contribution is -0.177. The molecule has 0 saturated heterocycles. The van der Waals surface area contributed by atoms with Gasteiger partial charge in [0.1, 0.15) is 11.7 Å². The van der Waals surface area contributed by atoms with Crippen molar-refractivity contribution in [3.63, 3.8) is 0 Å². The number of nitrogens with zero attached hydrogens (tertiary/aromatic N) is 1. The number of fused-ring (bicyclic) bond motifs is 2. The molecule has 0 spiro atoms. The Kier molecular flexibility index (Phi) is 7.02. The molecule has 8 atom stereocenters. The maximum atomic E-state index is 13.8. The lowest BCUT2D eigenvalue weighted by atomic mass is 9.52. The summed E-state index contributed by atoms with van der Waals surface area (Å²) in [6.07, 6.45) is 0.303. The number of carbonyl (C=O) groups excluding carboxylic acids is 6. The monoisotopic (exact) mass is 502 g/mol. The Labute approximate surface area is 209 Å². The van der Waals surface area contributed by atoms with Crippen molar-refractivity contribution in [1.29, 1.82) is 0 Å². The summed E-state index contributed by atoms with van der Waals surface area (Å²) in [7, 11) is 3.68. The summed E-state index contributed by atoms with van der Waals surface area (Å²) in [4.78, 5) is 80.4. The highest BCUT2D eigenvalue weighted by atomic mass is 16.3. The zero-order valence-electron chi connectivity index (χ0n) is 21.1. The standard InChI is InChI=1S/C26H34N2O8/c1-5-14(30)10-27-16-9-17(28(3)4)15-7-12-6-13-8-18(31)19(11(2)29)24(34)26(13,36)25(35)20(12)23(33)21(15)22(16)32/h12-14,16-17,19-20,27,30,36H,5-10H2,1-4H3. The van der Waals surface area contributed by atoms with E-state index in [9.17, 15) is 39.0 Å². The minimum atomic E-state index is -2.60. The summed E-state index contributed by atoms with van der Waals surface area (Å²) in [5.74, 6) is -9.33. The Hall–Kier alpha value is -2.40. The van der Waals surface area contributed by atoms with Crippen LogP contribution in [0, 0.1) is 23.7 Å². The molecule has 2 saturated carbocycles. The molecule has 0 amide bonds. The fourth-order valence-corrected chi connectivity index (χ4v) is 6.60. The van der Waals surface area contributed by atoms with Gasteiger partial charge in [-0.3, -0.25) is 28.8 Å². The summed E-state index contributed by atoms with van der Waals surface area (Å²) >= 11 is 0. The first-order valence-electron chi connectivity index (χ1n) is 12.6. The van der Waals surface area contributed by atoms with Gasteiger partial charge in [0.15, 0.2) is 34.5 Å². The van der Waals surface area contributed by atoms with E-state index in [2.05, 4.69) is 5.32 Å². The average molecular weight is 503 g/mol. The number of Topliss-reactive ketones (excluding diaryl/α,β-unsaturated/α-hetero) is 6. The normalized spacial score (nSPS) is 37.6. The van der Waals surface area contributed by atoms with Crippen LogP contribution in [0.25, 0.3) is 0 Å². The molecular weight excluding hydrogens is 468 g/mol. The van der Waals surface area contributed by atoms with Crippen molar-refractivity contribution in [3.8, 4) is 0 Å². The smallest absolute Gasteiger partial charge is 0.190 e. The molecular formula is C26H34N2O8. The van der Waals surface area contributed by atoms with Crippen molar-refractivity contribution >= 4 is 34.7 Å². The van der Waals surface area contributed by atoms with Crippen LogP contribution in [-0.2, 0) is 28.8 Å². The van der Waals surface area contributed by atoms with Gasteiger partial charge >= 0.3 is 0 Å². The van der Waals surface area contributed by atoms with E-state index in [1.807, 2.05) is 25.9 Å².